The predicted octanol–water partition coefficient (Wildman–Crippen LogP) is 4.77. The number of aryl methyl sites for hydroxylation is 2. The molecule has 0 saturated carbocycles. The van der Waals surface area contributed by atoms with Crippen LogP contribution in [0.1, 0.15) is 16.7 Å². The summed E-state index contributed by atoms with van der Waals surface area (Å²) in [5.41, 5.74) is 9.55. The zero-order chi connectivity index (χ0) is 14.0. The minimum Gasteiger partial charge on any atom is -0.489 e. The predicted molar refractivity (Wildman–Crippen MR) is 81.1 cm³/mol. The highest BCUT2D eigenvalue weighted by Gasteiger charge is 2.06. The number of nitrogens with two attached hydrogens (primary N) is 1. The Labute approximate surface area is 123 Å². The van der Waals surface area contributed by atoms with Crippen LogP contribution in [0.15, 0.2) is 30.3 Å². The van der Waals surface area contributed by atoms with Gasteiger partial charge in [-0.2, -0.15) is 0 Å². The second kappa shape index (κ2) is 5.72. The van der Waals surface area contributed by atoms with Gasteiger partial charge in [-0.3, -0.25) is 0 Å². The smallest absolute Gasteiger partial charge is 0.124 e. The minimum absolute atomic E-state index is 0.364. The largest absolute Gasteiger partial charge is 0.489 e. The number of anilines is 1. The molecule has 0 aliphatic heterocycles. The Hall–Kier alpha value is -1.38. The van der Waals surface area contributed by atoms with Gasteiger partial charge in [-0.05, 0) is 43.2 Å². The molecule has 0 heterocycles. The van der Waals surface area contributed by atoms with Gasteiger partial charge in [-0.25, -0.2) is 0 Å². The van der Waals surface area contributed by atoms with Gasteiger partial charge in [0, 0.05) is 27.4 Å². The summed E-state index contributed by atoms with van der Waals surface area (Å²) in [7, 11) is 0. The summed E-state index contributed by atoms with van der Waals surface area (Å²) in [6.45, 7) is 4.32. The molecular weight excluding hydrogens is 281 g/mol. The van der Waals surface area contributed by atoms with Gasteiger partial charge >= 0.3 is 0 Å². The third kappa shape index (κ3) is 3.34. The molecular formula is C15H15Cl2NO. The Bertz CT molecular complexity index is 611. The fourth-order valence-electron chi connectivity index (χ4n) is 1.81. The van der Waals surface area contributed by atoms with E-state index in [2.05, 4.69) is 0 Å². The average molecular weight is 296 g/mol. The molecule has 2 rings (SSSR count). The summed E-state index contributed by atoms with van der Waals surface area (Å²) in [5, 5.41) is 1.28. The first kappa shape index (κ1) is 14.0. The third-order valence-electron chi connectivity index (χ3n) is 2.95. The molecule has 4 heteroatoms. The second-order valence-electron chi connectivity index (χ2n) is 4.50. The number of halogens is 2. The maximum absolute atomic E-state index is 6.10. The number of ether oxygens (including phenoxy) is 1. The molecule has 0 bridgehead atoms. The van der Waals surface area contributed by atoms with Crippen LogP contribution in [-0.4, -0.2) is 0 Å². The molecule has 0 aromatic heterocycles. The van der Waals surface area contributed by atoms with E-state index < -0.39 is 0 Å². The van der Waals surface area contributed by atoms with Crippen LogP contribution in [-0.2, 0) is 6.61 Å². The van der Waals surface area contributed by atoms with Gasteiger partial charge < -0.3 is 10.5 Å². The van der Waals surface area contributed by atoms with Crippen LogP contribution in [0.5, 0.6) is 5.75 Å². The lowest BCUT2D eigenvalue weighted by atomic mass is 10.1. The summed E-state index contributed by atoms with van der Waals surface area (Å²) < 4.78 is 5.77. The molecule has 2 aromatic carbocycles. The van der Waals surface area contributed by atoms with Crippen molar-refractivity contribution in [2.45, 2.75) is 20.5 Å². The van der Waals surface area contributed by atoms with Crippen molar-refractivity contribution in [3.05, 3.63) is 57.1 Å². The van der Waals surface area contributed by atoms with Gasteiger partial charge in [-0.1, -0.05) is 29.3 Å². The Morgan fingerprint density at radius 2 is 1.79 bits per heavy atom. The Morgan fingerprint density at radius 1 is 1.05 bits per heavy atom. The molecule has 0 spiro atoms. The number of rotatable bonds is 3. The highest BCUT2D eigenvalue weighted by atomic mass is 35.5. The number of hydrogen-bond donors (Lipinski definition) is 1. The quantitative estimate of drug-likeness (QED) is 0.828. The molecule has 100 valence electrons. The fourth-order valence-corrected chi connectivity index (χ4v) is 2.18. The Balaban J connectivity index is 2.19. The van der Waals surface area contributed by atoms with Gasteiger partial charge in [0.15, 0.2) is 0 Å². The average Bonchev–Trinajstić information content (AvgIpc) is 2.36. The Kier molecular flexibility index (Phi) is 4.23. The maximum Gasteiger partial charge on any atom is 0.124 e. The van der Waals surface area contributed by atoms with Gasteiger partial charge in [0.25, 0.3) is 0 Å². The van der Waals surface area contributed by atoms with Crippen molar-refractivity contribution in [3.8, 4) is 5.75 Å². The van der Waals surface area contributed by atoms with Crippen LogP contribution in [0.2, 0.25) is 10.0 Å². The monoisotopic (exact) mass is 295 g/mol. The van der Waals surface area contributed by atoms with Crippen LogP contribution in [0.25, 0.3) is 0 Å². The molecule has 0 amide bonds. The fraction of sp³-hybridized carbons (Fsp3) is 0.200. The first-order chi connectivity index (χ1) is 8.97. The van der Waals surface area contributed by atoms with E-state index in [1.54, 1.807) is 18.2 Å². The summed E-state index contributed by atoms with van der Waals surface area (Å²) >= 11 is 12.0. The van der Waals surface area contributed by atoms with Crippen molar-refractivity contribution in [2.24, 2.45) is 0 Å². The number of hydrogen-bond acceptors (Lipinski definition) is 2. The zero-order valence-electron chi connectivity index (χ0n) is 10.8. The molecule has 0 saturated heterocycles. The van der Waals surface area contributed by atoms with E-state index in [1.807, 2.05) is 26.0 Å². The summed E-state index contributed by atoms with van der Waals surface area (Å²) in [4.78, 5) is 0. The van der Waals surface area contributed by atoms with Gasteiger partial charge in [0.1, 0.15) is 12.4 Å². The molecule has 19 heavy (non-hydrogen) atoms. The van der Waals surface area contributed by atoms with Crippen molar-refractivity contribution in [3.63, 3.8) is 0 Å². The lowest BCUT2D eigenvalue weighted by Crippen LogP contribution is -2.00. The van der Waals surface area contributed by atoms with E-state index in [4.69, 9.17) is 33.7 Å². The summed E-state index contributed by atoms with van der Waals surface area (Å²) in [6.07, 6.45) is 0. The van der Waals surface area contributed by atoms with Crippen LogP contribution in [0.4, 0.5) is 5.69 Å². The highest BCUT2D eigenvalue weighted by molar-refractivity contribution is 6.33. The molecule has 2 N–H and O–H groups in total. The molecule has 2 aromatic rings. The zero-order valence-corrected chi connectivity index (χ0v) is 12.3. The molecule has 2 nitrogen and oxygen atoms in total. The van der Waals surface area contributed by atoms with Crippen molar-refractivity contribution >= 4 is 28.9 Å². The normalized spacial score (nSPS) is 10.5. The molecule has 0 atom stereocenters. The van der Waals surface area contributed by atoms with Gasteiger partial charge in [-0.15, -0.1) is 0 Å². The van der Waals surface area contributed by atoms with E-state index in [0.29, 0.717) is 16.7 Å². The first-order valence-electron chi connectivity index (χ1n) is 5.91. The maximum atomic E-state index is 6.10. The third-order valence-corrected chi connectivity index (χ3v) is 3.56. The van der Waals surface area contributed by atoms with Crippen LogP contribution in [0, 0.1) is 13.8 Å². The van der Waals surface area contributed by atoms with Crippen LogP contribution >= 0.6 is 23.2 Å². The van der Waals surface area contributed by atoms with E-state index in [1.165, 1.54) is 0 Å². The summed E-state index contributed by atoms with van der Waals surface area (Å²) in [6, 6.07) is 9.16. The van der Waals surface area contributed by atoms with Crippen molar-refractivity contribution in [1.82, 2.24) is 0 Å². The standard InChI is InChI=1S/C15H15Cl2NO/c1-9-5-10(2)15(7-14(9)18)19-8-11-6-12(16)3-4-13(11)17/h3-7H,8,18H2,1-2H3. The Morgan fingerprint density at radius 3 is 2.53 bits per heavy atom. The SMILES string of the molecule is Cc1cc(C)c(OCc2cc(Cl)ccc2Cl)cc1N. The number of benzene rings is 2. The molecule has 0 unspecified atom stereocenters. The first-order valence-corrected chi connectivity index (χ1v) is 6.66. The van der Waals surface area contributed by atoms with Crippen molar-refractivity contribution in [1.29, 1.82) is 0 Å². The highest BCUT2D eigenvalue weighted by Crippen LogP contribution is 2.27. The van der Waals surface area contributed by atoms with Crippen LogP contribution < -0.4 is 10.5 Å². The summed E-state index contributed by atoms with van der Waals surface area (Å²) in [5.74, 6) is 0.763. The molecule has 0 aliphatic carbocycles. The van der Waals surface area contributed by atoms with E-state index >= 15 is 0 Å². The van der Waals surface area contributed by atoms with E-state index in [9.17, 15) is 0 Å². The van der Waals surface area contributed by atoms with Gasteiger partial charge in [0.2, 0.25) is 0 Å². The van der Waals surface area contributed by atoms with E-state index in [0.717, 1.165) is 28.1 Å². The molecule has 0 aliphatic rings. The number of nitrogen functional groups attached to an aromatic ring is 1. The molecule has 0 radical (unpaired) electrons. The lowest BCUT2D eigenvalue weighted by Gasteiger charge is -2.12. The minimum atomic E-state index is 0.364. The topological polar surface area (TPSA) is 35.2 Å². The second-order valence-corrected chi connectivity index (χ2v) is 5.34. The van der Waals surface area contributed by atoms with Gasteiger partial charge in [0.05, 0.1) is 0 Å². The van der Waals surface area contributed by atoms with E-state index in [-0.39, 0.29) is 0 Å². The van der Waals surface area contributed by atoms with Crippen molar-refractivity contribution < 1.29 is 4.74 Å². The lowest BCUT2D eigenvalue weighted by molar-refractivity contribution is 0.304. The van der Waals surface area contributed by atoms with Crippen LogP contribution in [0.3, 0.4) is 0 Å². The molecule has 0 fully saturated rings. The van der Waals surface area contributed by atoms with Crippen molar-refractivity contribution in [2.75, 3.05) is 5.73 Å².